The average Bonchev–Trinajstić information content (AvgIpc) is 3.47. The molecule has 3 aliphatic rings. The van der Waals surface area contributed by atoms with Crippen LogP contribution in [0.5, 0.6) is 0 Å². The summed E-state index contributed by atoms with van der Waals surface area (Å²) in [5, 5.41) is 0. The number of allylic oxidation sites excluding steroid dienone is 3. The van der Waals surface area contributed by atoms with Gasteiger partial charge in [-0.1, -0.05) is 20.1 Å². The first kappa shape index (κ1) is 24.7. The standard InChI is InChI=1S/C28H43NO3/c1-7-10-24(11-12-29(6)28(30)19(4)5)32-18-22-15-21-16-26(22)27-14-20(13-25(21)27)17-31-23(8-2)9-3/h8-10,20-22,25-27H,2,4,7,11-18H2,1,3,5-6H3/b23-9-,24-10+. The zero-order valence-electron chi connectivity index (χ0n) is 20.6. The van der Waals surface area contributed by atoms with Crippen LogP contribution < -0.4 is 0 Å². The molecule has 0 aromatic heterocycles. The fraction of sp³-hybridized carbons (Fsp3) is 0.679. The molecule has 178 valence electrons. The summed E-state index contributed by atoms with van der Waals surface area (Å²) in [7, 11) is 1.84. The van der Waals surface area contributed by atoms with E-state index in [-0.39, 0.29) is 5.91 Å². The fourth-order valence-corrected chi connectivity index (χ4v) is 6.51. The van der Waals surface area contributed by atoms with Crippen LogP contribution in [0.4, 0.5) is 0 Å². The third-order valence-corrected chi connectivity index (χ3v) is 7.99. The van der Waals surface area contributed by atoms with Crippen molar-refractivity contribution < 1.29 is 14.3 Å². The third kappa shape index (κ3) is 5.68. The van der Waals surface area contributed by atoms with Crippen LogP contribution in [0.2, 0.25) is 0 Å². The number of ether oxygens (including phenoxy) is 2. The van der Waals surface area contributed by atoms with Crippen molar-refractivity contribution in [2.45, 2.75) is 59.3 Å². The molecule has 0 N–H and O–H groups in total. The van der Waals surface area contributed by atoms with E-state index in [1.165, 1.54) is 25.7 Å². The van der Waals surface area contributed by atoms with E-state index in [9.17, 15) is 4.79 Å². The first-order chi connectivity index (χ1) is 15.4. The molecular formula is C28H43NO3. The van der Waals surface area contributed by atoms with Crippen LogP contribution in [0.15, 0.2) is 48.5 Å². The van der Waals surface area contributed by atoms with Crippen LogP contribution in [-0.4, -0.2) is 37.6 Å². The van der Waals surface area contributed by atoms with Gasteiger partial charge in [0.2, 0.25) is 5.91 Å². The Kier molecular flexibility index (Phi) is 8.67. The van der Waals surface area contributed by atoms with Crippen molar-refractivity contribution in [1.29, 1.82) is 0 Å². The van der Waals surface area contributed by atoms with E-state index in [4.69, 9.17) is 9.47 Å². The molecule has 3 saturated carbocycles. The van der Waals surface area contributed by atoms with Gasteiger partial charge in [0.25, 0.3) is 0 Å². The molecule has 1 amide bonds. The molecule has 0 heterocycles. The normalized spacial score (nSPS) is 31.4. The molecule has 2 bridgehead atoms. The highest BCUT2D eigenvalue weighted by Crippen LogP contribution is 2.62. The molecule has 0 radical (unpaired) electrons. The summed E-state index contributed by atoms with van der Waals surface area (Å²) in [6.07, 6.45) is 13.1. The third-order valence-electron chi connectivity index (χ3n) is 7.99. The van der Waals surface area contributed by atoms with Crippen molar-refractivity contribution in [2.75, 3.05) is 26.8 Å². The molecule has 6 unspecified atom stereocenters. The highest BCUT2D eigenvalue weighted by molar-refractivity contribution is 5.91. The van der Waals surface area contributed by atoms with Gasteiger partial charge in [0.1, 0.15) is 5.76 Å². The summed E-state index contributed by atoms with van der Waals surface area (Å²) in [5.74, 6) is 6.75. The fourth-order valence-electron chi connectivity index (χ4n) is 6.51. The van der Waals surface area contributed by atoms with Gasteiger partial charge in [0, 0.05) is 25.6 Å². The molecule has 32 heavy (non-hydrogen) atoms. The Morgan fingerprint density at radius 3 is 2.50 bits per heavy atom. The van der Waals surface area contributed by atoms with Gasteiger partial charge < -0.3 is 14.4 Å². The number of rotatable bonds is 12. The second kappa shape index (κ2) is 11.2. The zero-order chi connectivity index (χ0) is 23.3. The average molecular weight is 442 g/mol. The van der Waals surface area contributed by atoms with Crippen LogP contribution in [0.25, 0.3) is 0 Å². The number of likely N-dealkylation sites (N-methyl/N-ethyl adjacent to an activating group) is 1. The van der Waals surface area contributed by atoms with Gasteiger partial charge in [-0.2, -0.15) is 0 Å². The Hall–Kier alpha value is -1.97. The van der Waals surface area contributed by atoms with Gasteiger partial charge in [0.15, 0.2) is 0 Å². The molecule has 0 aromatic rings. The van der Waals surface area contributed by atoms with Crippen molar-refractivity contribution in [3.8, 4) is 0 Å². The summed E-state index contributed by atoms with van der Waals surface area (Å²) in [6.45, 7) is 15.8. The van der Waals surface area contributed by atoms with Crippen molar-refractivity contribution in [1.82, 2.24) is 4.90 Å². The summed E-state index contributed by atoms with van der Waals surface area (Å²) in [4.78, 5) is 13.8. The molecule has 3 rings (SSSR count). The van der Waals surface area contributed by atoms with Gasteiger partial charge in [-0.25, -0.2) is 0 Å². The Morgan fingerprint density at radius 1 is 1.09 bits per heavy atom. The zero-order valence-corrected chi connectivity index (χ0v) is 20.6. The minimum absolute atomic E-state index is 0.00870. The molecular weight excluding hydrogens is 398 g/mol. The highest BCUT2D eigenvalue weighted by atomic mass is 16.5. The molecule has 0 aliphatic heterocycles. The Bertz CT molecular complexity index is 752. The van der Waals surface area contributed by atoms with E-state index in [0.29, 0.717) is 24.0 Å². The van der Waals surface area contributed by atoms with E-state index in [0.717, 1.165) is 61.2 Å². The molecule has 0 aromatic carbocycles. The lowest BCUT2D eigenvalue weighted by molar-refractivity contribution is -0.125. The number of fused-ring (bicyclic) bond motifs is 5. The van der Waals surface area contributed by atoms with E-state index < -0.39 is 0 Å². The summed E-state index contributed by atoms with van der Waals surface area (Å²) in [6, 6.07) is 0. The molecule has 4 nitrogen and oxygen atoms in total. The van der Waals surface area contributed by atoms with Crippen molar-refractivity contribution in [3.05, 3.63) is 48.5 Å². The number of carbonyl (C=O) groups excluding carboxylic acids is 1. The summed E-state index contributed by atoms with van der Waals surface area (Å²) >= 11 is 0. The van der Waals surface area contributed by atoms with Gasteiger partial charge in [-0.05, 0) is 99.7 Å². The van der Waals surface area contributed by atoms with E-state index >= 15 is 0 Å². The second-order valence-electron chi connectivity index (χ2n) is 10.2. The maximum Gasteiger partial charge on any atom is 0.248 e. The second-order valence-corrected chi connectivity index (χ2v) is 10.2. The molecule has 3 aliphatic carbocycles. The van der Waals surface area contributed by atoms with Gasteiger partial charge in [0.05, 0.1) is 19.0 Å². The molecule has 6 atom stereocenters. The Balaban J connectivity index is 1.47. The molecule has 0 spiro atoms. The number of hydrogen-bond acceptors (Lipinski definition) is 3. The topological polar surface area (TPSA) is 38.8 Å². The molecule has 4 heteroatoms. The minimum atomic E-state index is 0.00870. The van der Waals surface area contributed by atoms with E-state index in [1.54, 1.807) is 17.9 Å². The number of hydrogen-bond donors (Lipinski definition) is 0. The Labute approximate surface area is 195 Å². The lowest BCUT2D eigenvalue weighted by atomic mass is 9.76. The smallest absolute Gasteiger partial charge is 0.248 e. The lowest BCUT2D eigenvalue weighted by Gasteiger charge is -2.31. The van der Waals surface area contributed by atoms with Gasteiger partial charge >= 0.3 is 0 Å². The molecule has 3 fully saturated rings. The minimum Gasteiger partial charge on any atom is -0.498 e. The summed E-state index contributed by atoms with van der Waals surface area (Å²) < 4.78 is 12.3. The predicted molar refractivity (Wildman–Crippen MR) is 131 cm³/mol. The highest BCUT2D eigenvalue weighted by Gasteiger charge is 2.55. The van der Waals surface area contributed by atoms with Crippen molar-refractivity contribution >= 4 is 5.91 Å². The maximum absolute atomic E-state index is 12.1. The van der Waals surface area contributed by atoms with Crippen LogP contribution in [-0.2, 0) is 14.3 Å². The first-order valence-corrected chi connectivity index (χ1v) is 12.5. The van der Waals surface area contributed by atoms with Crippen LogP contribution in [0.3, 0.4) is 0 Å². The van der Waals surface area contributed by atoms with Crippen molar-refractivity contribution in [2.24, 2.45) is 35.5 Å². The van der Waals surface area contributed by atoms with Gasteiger partial charge in [-0.15, -0.1) is 0 Å². The van der Waals surface area contributed by atoms with E-state index in [2.05, 4.69) is 26.2 Å². The quantitative estimate of drug-likeness (QED) is 0.208. The monoisotopic (exact) mass is 441 g/mol. The lowest BCUT2D eigenvalue weighted by Crippen LogP contribution is -2.29. The summed E-state index contributed by atoms with van der Waals surface area (Å²) in [5.41, 5.74) is 0.581. The van der Waals surface area contributed by atoms with Crippen molar-refractivity contribution in [3.63, 3.8) is 0 Å². The maximum atomic E-state index is 12.1. The van der Waals surface area contributed by atoms with Crippen LogP contribution in [0, 0.1) is 35.5 Å². The first-order valence-electron chi connectivity index (χ1n) is 12.5. The SMILES string of the molecule is C=C/C(=C/C)OCC1CC2C3CC(CO/C(=C/CC)CCN(C)C(=O)C(=C)C)C(C3)C2C1. The number of amides is 1. The number of carbonyl (C=O) groups is 1. The van der Waals surface area contributed by atoms with Crippen LogP contribution in [0.1, 0.15) is 59.3 Å². The van der Waals surface area contributed by atoms with E-state index in [1.807, 2.05) is 20.0 Å². The largest absolute Gasteiger partial charge is 0.498 e. The Morgan fingerprint density at radius 2 is 1.84 bits per heavy atom. The predicted octanol–water partition coefficient (Wildman–Crippen LogP) is 6.13. The van der Waals surface area contributed by atoms with Gasteiger partial charge in [-0.3, -0.25) is 4.79 Å². The molecule has 0 saturated heterocycles. The number of nitrogens with zero attached hydrogens (tertiary/aromatic N) is 1. The van der Waals surface area contributed by atoms with Crippen LogP contribution >= 0.6 is 0 Å².